The number of rotatable bonds is 14. The first-order valence-electron chi connectivity index (χ1n) is 8.79. The number of halogens is 3. The Morgan fingerprint density at radius 1 is 0.762 bits per heavy atom. The average molecular weight is 309 g/mol. The molecule has 0 fully saturated rings. The van der Waals surface area contributed by atoms with Gasteiger partial charge in [0.1, 0.15) is 0 Å². The van der Waals surface area contributed by atoms with Gasteiger partial charge in [-0.1, -0.05) is 58.8 Å². The normalized spacial score (nSPS) is 13.6. The number of hydrogen-bond donors (Lipinski definition) is 1. The zero-order valence-corrected chi connectivity index (χ0v) is 13.9. The van der Waals surface area contributed by atoms with Gasteiger partial charge >= 0.3 is 6.18 Å². The van der Waals surface area contributed by atoms with Crippen molar-refractivity contribution in [3.63, 3.8) is 0 Å². The van der Waals surface area contributed by atoms with Crippen molar-refractivity contribution in [2.75, 3.05) is 6.54 Å². The molecule has 0 amide bonds. The molecule has 1 nitrogen and oxygen atoms in total. The molecule has 0 aliphatic heterocycles. The molecule has 0 aliphatic rings. The van der Waals surface area contributed by atoms with E-state index in [0.29, 0.717) is 6.42 Å². The highest BCUT2D eigenvalue weighted by Gasteiger charge is 2.26. The van der Waals surface area contributed by atoms with Gasteiger partial charge in [-0.25, -0.2) is 0 Å². The van der Waals surface area contributed by atoms with Gasteiger partial charge in [-0.3, -0.25) is 0 Å². The van der Waals surface area contributed by atoms with E-state index in [0.717, 1.165) is 25.8 Å². The van der Waals surface area contributed by atoms with Gasteiger partial charge in [-0.05, 0) is 32.2 Å². The number of alkyl halides is 3. The molecule has 0 aromatic rings. The molecule has 0 bridgehead atoms. The van der Waals surface area contributed by atoms with Gasteiger partial charge in [0.15, 0.2) is 0 Å². The molecule has 0 saturated carbocycles. The van der Waals surface area contributed by atoms with E-state index in [2.05, 4.69) is 19.2 Å². The van der Waals surface area contributed by atoms with Crippen LogP contribution in [0, 0.1) is 0 Å². The van der Waals surface area contributed by atoms with E-state index in [-0.39, 0.29) is 12.5 Å². The number of hydrogen-bond acceptors (Lipinski definition) is 1. The smallest absolute Gasteiger partial charge is 0.314 e. The van der Waals surface area contributed by atoms with E-state index >= 15 is 0 Å². The molecule has 1 unspecified atom stereocenters. The molecule has 4 heteroatoms. The van der Waals surface area contributed by atoms with Crippen molar-refractivity contribution in [1.29, 1.82) is 0 Å². The Labute approximate surface area is 129 Å². The SMILES string of the molecule is CCCCCCCCCC(CCCC(F)(F)F)NCCC. The molecular formula is C17H34F3N. The monoisotopic (exact) mass is 309 g/mol. The first-order valence-corrected chi connectivity index (χ1v) is 8.79. The highest BCUT2D eigenvalue weighted by atomic mass is 19.4. The second kappa shape index (κ2) is 13.4. The summed E-state index contributed by atoms with van der Waals surface area (Å²) in [7, 11) is 0. The molecule has 1 atom stereocenters. The third-order valence-corrected chi connectivity index (χ3v) is 3.85. The fourth-order valence-electron chi connectivity index (χ4n) is 2.59. The molecule has 0 heterocycles. The number of nitrogens with one attached hydrogen (secondary N) is 1. The van der Waals surface area contributed by atoms with Crippen molar-refractivity contribution in [1.82, 2.24) is 5.32 Å². The van der Waals surface area contributed by atoms with Gasteiger partial charge < -0.3 is 5.32 Å². The molecule has 0 radical (unpaired) electrons. The molecule has 1 N–H and O–H groups in total. The van der Waals surface area contributed by atoms with Gasteiger partial charge in [0.2, 0.25) is 0 Å². The van der Waals surface area contributed by atoms with E-state index in [1.807, 2.05) is 0 Å². The fourth-order valence-corrected chi connectivity index (χ4v) is 2.59. The molecule has 0 aromatic carbocycles. The van der Waals surface area contributed by atoms with Crippen LogP contribution in [-0.2, 0) is 0 Å². The second-order valence-electron chi connectivity index (χ2n) is 6.07. The summed E-state index contributed by atoms with van der Waals surface area (Å²) in [5.41, 5.74) is 0. The van der Waals surface area contributed by atoms with Crippen LogP contribution in [0.15, 0.2) is 0 Å². The quantitative estimate of drug-likeness (QED) is 0.375. The summed E-state index contributed by atoms with van der Waals surface area (Å²) < 4.78 is 36.6. The van der Waals surface area contributed by atoms with Crippen molar-refractivity contribution in [3.05, 3.63) is 0 Å². The molecule has 0 saturated heterocycles. The average Bonchev–Trinajstić information content (AvgIpc) is 2.41. The summed E-state index contributed by atoms with van der Waals surface area (Å²) in [5.74, 6) is 0. The molecule has 0 aromatic heterocycles. The molecule has 0 aliphatic carbocycles. The largest absolute Gasteiger partial charge is 0.389 e. The van der Waals surface area contributed by atoms with Crippen LogP contribution in [0.2, 0.25) is 0 Å². The van der Waals surface area contributed by atoms with Crippen LogP contribution in [0.1, 0.15) is 90.9 Å². The van der Waals surface area contributed by atoms with Crippen LogP contribution in [0.5, 0.6) is 0 Å². The Morgan fingerprint density at radius 2 is 1.33 bits per heavy atom. The Hall–Kier alpha value is -0.250. The standard InChI is InChI=1S/C17H34F3N/c1-3-5-6-7-8-9-10-12-16(21-15-4-2)13-11-14-17(18,19)20/h16,21H,3-15H2,1-2H3. The first-order chi connectivity index (χ1) is 9.99. The van der Waals surface area contributed by atoms with Crippen LogP contribution in [0.25, 0.3) is 0 Å². The Bertz CT molecular complexity index is 217. The van der Waals surface area contributed by atoms with E-state index in [1.54, 1.807) is 0 Å². The maximum atomic E-state index is 12.2. The zero-order chi connectivity index (χ0) is 16.0. The van der Waals surface area contributed by atoms with Crippen molar-refractivity contribution in [2.45, 2.75) is 103 Å². The maximum Gasteiger partial charge on any atom is 0.389 e. The van der Waals surface area contributed by atoms with E-state index in [1.165, 1.54) is 38.5 Å². The molecule has 128 valence electrons. The van der Waals surface area contributed by atoms with E-state index in [4.69, 9.17) is 0 Å². The summed E-state index contributed by atoms with van der Waals surface area (Å²) >= 11 is 0. The summed E-state index contributed by atoms with van der Waals surface area (Å²) in [4.78, 5) is 0. The summed E-state index contributed by atoms with van der Waals surface area (Å²) in [6, 6.07) is 0.267. The van der Waals surface area contributed by atoms with E-state index in [9.17, 15) is 13.2 Å². The minimum atomic E-state index is -4.01. The minimum Gasteiger partial charge on any atom is -0.314 e. The fraction of sp³-hybridized carbons (Fsp3) is 1.00. The van der Waals surface area contributed by atoms with Crippen LogP contribution >= 0.6 is 0 Å². The Morgan fingerprint density at radius 3 is 1.90 bits per heavy atom. The lowest BCUT2D eigenvalue weighted by Crippen LogP contribution is -2.30. The van der Waals surface area contributed by atoms with Gasteiger partial charge in [-0.2, -0.15) is 13.2 Å². The lowest BCUT2D eigenvalue weighted by atomic mass is 10.0. The summed E-state index contributed by atoms with van der Waals surface area (Å²) in [5, 5.41) is 3.40. The van der Waals surface area contributed by atoms with Gasteiger partial charge in [0, 0.05) is 12.5 Å². The highest BCUT2D eigenvalue weighted by Crippen LogP contribution is 2.23. The van der Waals surface area contributed by atoms with Gasteiger partial charge in [0.25, 0.3) is 0 Å². The predicted octanol–water partition coefficient (Wildman–Crippen LogP) is 6.23. The highest BCUT2D eigenvalue weighted by molar-refractivity contribution is 4.68. The van der Waals surface area contributed by atoms with Gasteiger partial charge in [0.05, 0.1) is 0 Å². The van der Waals surface area contributed by atoms with E-state index < -0.39 is 12.6 Å². The third-order valence-electron chi connectivity index (χ3n) is 3.85. The minimum absolute atomic E-state index is 0.251. The molecule has 21 heavy (non-hydrogen) atoms. The third kappa shape index (κ3) is 16.0. The van der Waals surface area contributed by atoms with Crippen LogP contribution < -0.4 is 5.32 Å². The lowest BCUT2D eigenvalue weighted by molar-refractivity contribution is -0.135. The molecular weight excluding hydrogens is 275 g/mol. The van der Waals surface area contributed by atoms with Crippen molar-refractivity contribution in [2.24, 2.45) is 0 Å². The van der Waals surface area contributed by atoms with Gasteiger partial charge in [-0.15, -0.1) is 0 Å². The summed E-state index contributed by atoms with van der Waals surface area (Å²) in [6.45, 7) is 5.21. The van der Waals surface area contributed by atoms with Crippen molar-refractivity contribution >= 4 is 0 Å². The predicted molar refractivity (Wildman–Crippen MR) is 84.6 cm³/mol. The Balaban J connectivity index is 3.69. The zero-order valence-electron chi connectivity index (χ0n) is 13.9. The molecule has 0 spiro atoms. The lowest BCUT2D eigenvalue weighted by Gasteiger charge is -2.19. The van der Waals surface area contributed by atoms with Crippen LogP contribution in [-0.4, -0.2) is 18.8 Å². The number of unbranched alkanes of at least 4 members (excludes halogenated alkanes) is 6. The van der Waals surface area contributed by atoms with Crippen molar-refractivity contribution in [3.8, 4) is 0 Å². The van der Waals surface area contributed by atoms with Crippen LogP contribution in [0.4, 0.5) is 13.2 Å². The maximum absolute atomic E-state index is 12.2. The second-order valence-corrected chi connectivity index (χ2v) is 6.07. The Kier molecular flexibility index (Phi) is 13.3. The first kappa shape index (κ1) is 20.8. The van der Waals surface area contributed by atoms with Crippen molar-refractivity contribution < 1.29 is 13.2 Å². The topological polar surface area (TPSA) is 12.0 Å². The van der Waals surface area contributed by atoms with Crippen LogP contribution in [0.3, 0.4) is 0 Å². The molecule has 0 rings (SSSR count). The summed E-state index contributed by atoms with van der Waals surface area (Å²) in [6.07, 6.45) is 7.13.